The number of rotatable bonds is 5. The highest BCUT2D eigenvalue weighted by molar-refractivity contribution is 5.72. The molecule has 2 heterocycles. The summed E-state index contributed by atoms with van der Waals surface area (Å²) < 4.78 is 7.04. The Morgan fingerprint density at radius 2 is 1.96 bits per heavy atom. The number of aromatic nitrogens is 4. The van der Waals surface area contributed by atoms with E-state index in [9.17, 15) is 0 Å². The van der Waals surface area contributed by atoms with Gasteiger partial charge in [-0.05, 0) is 25.5 Å². The van der Waals surface area contributed by atoms with Crippen molar-refractivity contribution >= 4 is 17.2 Å². The summed E-state index contributed by atoms with van der Waals surface area (Å²) in [5.74, 6) is 2.06. The summed E-state index contributed by atoms with van der Waals surface area (Å²) in [6, 6.07) is 12.4. The van der Waals surface area contributed by atoms with Crippen molar-refractivity contribution in [1.82, 2.24) is 19.8 Å². The van der Waals surface area contributed by atoms with Crippen molar-refractivity contribution in [3.63, 3.8) is 0 Å². The van der Waals surface area contributed by atoms with Gasteiger partial charge in [0.25, 0.3) is 0 Å². The zero-order valence-corrected chi connectivity index (χ0v) is 14.4. The van der Waals surface area contributed by atoms with Crippen LogP contribution >= 0.6 is 0 Å². The molecule has 0 aliphatic heterocycles. The number of hydrogen-bond donors (Lipinski definition) is 0. The fourth-order valence-electron chi connectivity index (χ4n) is 2.61. The van der Waals surface area contributed by atoms with Crippen LogP contribution in [0.25, 0.3) is 11.4 Å². The van der Waals surface area contributed by atoms with Gasteiger partial charge in [0.2, 0.25) is 0 Å². The molecule has 0 saturated carbocycles. The summed E-state index contributed by atoms with van der Waals surface area (Å²) in [5.41, 5.74) is 2.65. The van der Waals surface area contributed by atoms with Gasteiger partial charge in [0.05, 0.1) is 18.7 Å². The van der Waals surface area contributed by atoms with Gasteiger partial charge in [-0.25, -0.2) is 0 Å². The van der Waals surface area contributed by atoms with E-state index in [0.29, 0.717) is 11.4 Å². The molecule has 0 fully saturated rings. The third kappa shape index (κ3) is 2.71. The van der Waals surface area contributed by atoms with E-state index in [-0.39, 0.29) is 6.04 Å². The van der Waals surface area contributed by atoms with Gasteiger partial charge >= 0.3 is 0 Å². The molecular formula is C18H21N5O. The Hall–Kier alpha value is -2.89. The highest BCUT2D eigenvalue weighted by atomic mass is 16.5. The molecular weight excluding hydrogens is 302 g/mol. The molecule has 0 aliphatic carbocycles. The lowest BCUT2D eigenvalue weighted by Gasteiger charge is -2.26. The van der Waals surface area contributed by atoms with Gasteiger partial charge in [-0.15, -0.1) is 15.3 Å². The zero-order valence-electron chi connectivity index (χ0n) is 14.4. The summed E-state index contributed by atoms with van der Waals surface area (Å²) in [4.78, 5) is 2.11. The summed E-state index contributed by atoms with van der Waals surface area (Å²) in [7, 11) is 3.61. The molecule has 0 amide bonds. The maximum absolute atomic E-state index is 5.31. The highest BCUT2D eigenvalue weighted by Gasteiger charge is 2.19. The number of anilines is 1. The summed E-state index contributed by atoms with van der Waals surface area (Å²) >= 11 is 0. The molecule has 3 rings (SSSR count). The number of aryl methyl sites for hydroxylation is 1. The molecule has 2 aromatic heterocycles. The number of methoxy groups -OCH3 is 1. The van der Waals surface area contributed by atoms with E-state index in [1.807, 2.05) is 38.2 Å². The van der Waals surface area contributed by atoms with Gasteiger partial charge in [0, 0.05) is 7.05 Å². The van der Waals surface area contributed by atoms with Crippen LogP contribution in [0, 0.1) is 6.92 Å². The molecule has 6 nitrogen and oxygen atoms in total. The van der Waals surface area contributed by atoms with E-state index in [4.69, 9.17) is 4.74 Å². The molecule has 0 N–H and O–H groups in total. The summed E-state index contributed by atoms with van der Waals surface area (Å²) in [5, 5.41) is 13.0. The van der Waals surface area contributed by atoms with Crippen LogP contribution in [0.5, 0.6) is 0 Å². The first-order valence-corrected chi connectivity index (χ1v) is 7.77. The molecule has 0 unspecified atom stereocenters. The Morgan fingerprint density at radius 1 is 1.25 bits per heavy atom. The fourth-order valence-corrected chi connectivity index (χ4v) is 2.61. The Kier molecular flexibility index (Phi) is 4.20. The van der Waals surface area contributed by atoms with E-state index in [0.717, 1.165) is 17.2 Å². The summed E-state index contributed by atoms with van der Waals surface area (Å²) in [6.07, 6.45) is 0. The van der Waals surface area contributed by atoms with Crippen molar-refractivity contribution in [3.8, 4) is 0 Å². The van der Waals surface area contributed by atoms with Gasteiger partial charge in [-0.2, -0.15) is 4.52 Å². The van der Waals surface area contributed by atoms with E-state index >= 15 is 0 Å². The zero-order chi connectivity index (χ0) is 17.3. The normalized spacial score (nSPS) is 12.2. The van der Waals surface area contributed by atoms with E-state index < -0.39 is 0 Å². The molecule has 0 bridgehead atoms. The van der Waals surface area contributed by atoms with Crippen molar-refractivity contribution in [2.24, 2.45) is 0 Å². The first-order valence-electron chi connectivity index (χ1n) is 7.77. The second-order valence-electron chi connectivity index (χ2n) is 5.72. The fraction of sp³-hybridized carbons (Fsp3) is 0.278. The minimum Gasteiger partial charge on any atom is -0.497 e. The molecule has 0 radical (unpaired) electrons. The largest absolute Gasteiger partial charge is 0.497 e. The quantitative estimate of drug-likeness (QED) is 0.675. The molecule has 0 aliphatic rings. The molecule has 0 spiro atoms. The van der Waals surface area contributed by atoms with Crippen LogP contribution in [0.4, 0.5) is 5.82 Å². The Bertz CT molecular complexity index is 872. The van der Waals surface area contributed by atoms with Gasteiger partial charge < -0.3 is 9.64 Å². The van der Waals surface area contributed by atoms with Gasteiger partial charge in [-0.1, -0.05) is 36.9 Å². The van der Waals surface area contributed by atoms with E-state index in [1.54, 1.807) is 11.6 Å². The van der Waals surface area contributed by atoms with Crippen LogP contribution in [0.1, 0.15) is 29.9 Å². The van der Waals surface area contributed by atoms with Crippen LogP contribution in [-0.2, 0) is 4.74 Å². The van der Waals surface area contributed by atoms with Crippen LogP contribution in [0.15, 0.2) is 43.0 Å². The Balaban J connectivity index is 2.08. The average molecular weight is 323 g/mol. The van der Waals surface area contributed by atoms with Crippen molar-refractivity contribution in [1.29, 1.82) is 0 Å². The topological polar surface area (TPSA) is 55.5 Å². The second-order valence-corrected chi connectivity index (χ2v) is 5.72. The number of nitrogens with zero attached hydrogens (tertiary/aromatic N) is 5. The predicted octanol–water partition coefficient (Wildman–Crippen LogP) is 3.25. The average Bonchev–Trinajstić information content (AvgIpc) is 3.01. The Labute approximate surface area is 141 Å². The number of fused-ring (bicyclic) bond motifs is 1. The standard InChI is InChI=1S/C18H21N5O/c1-12(15-9-7-6-8-10-15)22(4)17-11-16(13(2)24-5)18-20-19-14(3)23(18)21-17/h6-12H,2H2,1,3-5H3/t12-/m0/s1. The van der Waals surface area contributed by atoms with E-state index in [1.165, 1.54) is 5.56 Å². The van der Waals surface area contributed by atoms with Crippen LogP contribution in [0.2, 0.25) is 0 Å². The third-order valence-corrected chi connectivity index (χ3v) is 4.28. The highest BCUT2D eigenvalue weighted by Crippen LogP contribution is 2.27. The molecule has 3 aromatic rings. The van der Waals surface area contributed by atoms with Crippen molar-refractivity contribution < 1.29 is 4.74 Å². The minimum absolute atomic E-state index is 0.164. The first-order chi connectivity index (χ1) is 11.5. The SMILES string of the molecule is C=C(OC)c1cc(N(C)[C@@H](C)c2ccccc2)nn2c(C)nnc12. The molecule has 24 heavy (non-hydrogen) atoms. The van der Waals surface area contributed by atoms with Gasteiger partial charge in [0.1, 0.15) is 5.76 Å². The lowest BCUT2D eigenvalue weighted by atomic mass is 10.1. The first kappa shape index (κ1) is 16.0. The lowest BCUT2D eigenvalue weighted by Crippen LogP contribution is -2.23. The number of hydrogen-bond acceptors (Lipinski definition) is 5. The smallest absolute Gasteiger partial charge is 0.188 e. The van der Waals surface area contributed by atoms with Crippen molar-refractivity contribution in [2.45, 2.75) is 19.9 Å². The molecule has 1 atom stereocenters. The maximum atomic E-state index is 5.31. The molecule has 1 aromatic carbocycles. The van der Waals surface area contributed by atoms with Gasteiger partial charge in [-0.3, -0.25) is 0 Å². The summed E-state index contributed by atoms with van der Waals surface area (Å²) in [6.45, 7) is 7.97. The number of ether oxygens (including phenoxy) is 1. The van der Waals surface area contributed by atoms with E-state index in [2.05, 4.69) is 45.8 Å². The van der Waals surface area contributed by atoms with Gasteiger partial charge in [0.15, 0.2) is 17.3 Å². The second kappa shape index (κ2) is 6.31. The van der Waals surface area contributed by atoms with Crippen LogP contribution in [-0.4, -0.2) is 34.0 Å². The molecule has 6 heteroatoms. The van der Waals surface area contributed by atoms with Crippen molar-refractivity contribution in [3.05, 3.63) is 59.9 Å². The minimum atomic E-state index is 0.164. The van der Waals surface area contributed by atoms with Crippen LogP contribution in [0.3, 0.4) is 0 Å². The maximum Gasteiger partial charge on any atom is 0.188 e. The predicted molar refractivity (Wildman–Crippen MR) is 94.8 cm³/mol. The van der Waals surface area contributed by atoms with Crippen LogP contribution < -0.4 is 4.90 Å². The Morgan fingerprint density at radius 3 is 2.62 bits per heavy atom. The third-order valence-electron chi connectivity index (χ3n) is 4.28. The lowest BCUT2D eigenvalue weighted by molar-refractivity contribution is 0.371. The monoisotopic (exact) mass is 323 g/mol. The molecule has 0 saturated heterocycles. The number of benzene rings is 1. The van der Waals surface area contributed by atoms with Crippen molar-refractivity contribution in [2.75, 3.05) is 19.1 Å². The molecule has 124 valence electrons.